The Kier molecular flexibility index (Phi) is 6.13. The van der Waals surface area contributed by atoms with Crippen molar-refractivity contribution in [3.63, 3.8) is 0 Å². The van der Waals surface area contributed by atoms with Crippen LogP contribution in [0, 0.1) is 12.7 Å². The van der Waals surface area contributed by atoms with E-state index in [2.05, 4.69) is 0 Å². The third kappa shape index (κ3) is 3.98. The van der Waals surface area contributed by atoms with E-state index in [1.165, 1.54) is 6.07 Å². The molecule has 15 heavy (non-hydrogen) atoms. The van der Waals surface area contributed by atoms with Gasteiger partial charge in [0, 0.05) is 6.54 Å². The van der Waals surface area contributed by atoms with Crippen molar-refractivity contribution in [1.29, 1.82) is 0 Å². The van der Waals surface area contributed by atoms with E-state index >= 15 is 0 Å². The highest BCUT2D eigenvalue weighted by atomic mass is 35.5. The summed E-state index contributed by atoms with van der Waals surface area (Å²) in [4.78, 5) is 0. The van der Waals surface area contributed by atoms with Crippen LogP contribution >= 0.6 is 12.4 Å². The van der Waals surface area contributed by atoms with Crippen LogP contribution in [0.5, 0.6) is 0 Å². The molecule has 0 amide bonds. The molecule has 2 N–H and O–H groups in total. The fraction of sp³-hybridized carbons (Fsp3) is 0.273. The molecule has 0 aliphatic rings. The summed E-state index contributed by atoms with van der Waals surface area (Å²) in [5, 5.41) is 0. The lowest BCUT2D eigenvalue weighted by molar-refractivity contribution is 0.617. The van der Waals surface area contributed by atoms with Crippen molar-refractivity contribution < 1.29 is 8.78 Å². The number of hydrogen-bond donors (Lipinski definition) is 1. The Hall–Kier alpha value is -0.930. The Morgan fingerprint density at radius 1 is 1.47 bits per heavy atom. The van der Waals surface area contributed by atoms with Crippen molar-refractivity contribution >= 4 is 12.4 Å². The van der Waals surface area contributed by atoms with Crippen molar-refractivity contribution in [3.05, 3.63) is 47.0 Å². The number of benzene rings is 1. The van der Waals surface area contributed by atoms with Crippen molar-refractivity contribution in [3.8, 4) is 0 Å². The second-order valence-electron chi connectivity index (χ2n) is 3.23. The molecular weight excluding hydrogens is 220 g/mol. The molecule has 1 aromatic carbocycles. The standard InChI is InChI=1S/C11H13F2N.ClH/c1-8-4-9(2-3-11(8)13)5-10(6-12)7-14;/h2-4,6H,5,7,14H2,1H3;1H. The Morgan fingerprint density at radius 3 is 2.60 bits per heavy atom. The molecule has 0 bridgehead atoms. The van der Waals surface area contributed by atoms with Crippen LogP contribution in [0.15, 0.2) is 30.1 Å². The van der Waals surface area contributed by atoms with Gasteiger partial charge in [-0.3, -0.25) is 0 Å². The molecule has 0 aromatic heterocycles. The normalized spacial score (nSPS) is 11.1. The summed E-state index contributed by atoms with van der Waals surface area (Å²) in [6.07, 6.45) is 0.951. The average molecular weight is 234 g/mol. The van der Waals surface area contributed by atoms with Gasteiger partial charge in [0.1, 0.15) is 5.82 Å². The van der Waals surface area contributed by atoms with E-state index in [4.69, 9.17) is 5.73 Å². The van der Waals surface area contributed by atoms with E-state index in [9.17, 15) is 8.78 Å². The third-order valence-corrected chi connectivity index (χ3v) is 2.07. The van der Waals surface area contributed by atoms with Crippen molar-refractivity contribution in [2.24, 2.45) is 5.73 Å². The van der Waals surface area contributed by atoms with Gasteiger partial charge in [0.15, 0.2) is 0 Å². The minimum atomic E-state index is -0.243. The average Bonchev–Trinajstić information content (AvgIpc) is 2.19. The van der Waals surface area contributed by atoms with Gasteiger partial charge in [-0.2, -0.15) is 0 Å². The predicted molar refractivity (Wildman–Crippen MR) is 60.3 cm³/mol. The van der Waals surface area contributed by atoms with E-state index in [0.717, 1.165) is 5.56 Å². The third-order valence-electron chi connectivity index (χ3n) is 2.07. The molecule has 0 heterocycles. The van der Waals surface area contributed by atoms with Crippen molar-refractivity contribution in [2.45, 2.75) is 13.3 Å². The van der Waals surface area contributed by atoms with Crippen molar-refractivity contribution in [1.82, 2.24) is 0 Å². The topological polar surface area (TPSA) is 26.0 Å². The quantitative estimate of drug-likeness (QED) is 0.854. The van der Waals surface area contributed by atoms with Gasteiger partial charge in [-0.25, -0.2) is 8.78 Å². The summed E-state index contributed by atoms with van der Waals surface area (Å²) in [5.74, 6) is -0.243. The minimum absolute atomic E-state index is 0. The fourth-order valence-electron chi connectivity index (χ4n) is 1.23. The van der Waals surface area contributed by atoms with Crippen LogP contribution in [0.3, 0.4) is 0 Å². The monoisotopic (exact) mass is 233 g/mol. The molecule has 4 heteroatoms. The van der Waals surface area contributed by atoms with Gasteiger partial charge in [0.2, 0.25) is 0 Å². The molecule has 0 saturated carbocycles. The SMILES string of the molecule is Cc1cc(CC(=CF)CN)ccc1F.Cl. The molecule has 1 rings (SSSR count). The van der Waals surface area contributed by atoms with Gasteiger partial charge in [-0.05, 0) is 36.1 Å². The molecule has 0 radical (unpaired) electrons. The van der Waals surface area contributed by atoms with Crippen LogP contribution in [-0.4, -0.2) is 6.54 Å². The zero-order valence-corrected chi connectivity index (χ0v) is 9.28. The molecule has 1 nitrogen and oxygen atoms in total. The molecule has 1 aromatic rings. The molecule has 0 atom stereocenters. The first-order valence-corrected chi connectivity index (χ1v) is 4.40. The maximum atomic E-state index is 12.9. The Morgan fingerprint density at radius 2 is 2.13 bits per heavy atom. The minimum Gasteiger partial charge on any atom is -0.327 e. The smallest absolute Gasteiger partial charge is 0.126 e. The Labute approximate surface area is 94.4 Å². The first-order chi connectivity index (χ1) is 6.67. The molecule has 0 aliphatic heterocycles. The molecule has 0 fully saturated rings. The van der Waals surface area contributed by atoms with Crippen LogP contribution in [0.25, 0.3) is 0 Å². The lowest BCUT2D eigenvalue weighted by Crippen LogP contribution is -2.05. The van der Waals surface area contributed by atoms with E-state index in [-0.39, 0.29) is 24.8 Å². The highest BCUT2D eigenvalue weighted by molar-refractivity contribution is 5.85. The summed E-state index contributed by atoms with van der Waals surface area (Å²) >= 11 is 0. The molecule has 0 unspecified atom stereocenters. The highest BCUT2D eigenvalue weighted by Gasteiger charge is 2.01. The van der Waals surface area contributed by atoms with E-state index in [0.29, 0.717) is 23.9 Å². The summed E-state index contributed by atoms with van der Waals surface area (Å²) in [7, 11) is 0. The van der Waals surface area contributed by atoms with Crippen LogP contribution in [0.1, 0.15) is 11.1 Å². The zero-order chi connectivity index (χ0) is 10.6. The van der Waals surface area contributed by atoms with Gasteiger partial charge >= 0.3 is 0 Å². The van der Waals surface area contributed by atoms with Crippen LogP contribution < -0.4 is 5.73 Å². The van der Waals surface area contributed by atoms with E-state index < -0.39 is 0 Å². The Bertz CT molecular complexity index is 350. The van der Waals surface area contributed by atoms with E-state index in [1.807, 2.05) is 0 Å². The summed E-state index contributed by atoms with van der Waals surface area (Å²) in [6.45, 7) is 1.87. The largest absolute Gasteiger partial charge is 0.327 e. The lowest BCUT2D eigenvalue weighted by atomic mass is 10.0. The molecule has 0 saturated heterocycles. The molecule has 0 aliphatic carbocycles. The maximum Gasteiger partial charge on any atom is 0.126 e. The van der Waals surface area contributed by atoms with Gasteiger partial charge in [-0.15, -0.1) is 12.4 Å². The summed E-state index contributed by atoms with van der Waals surface area (Å²) < 4.78 is 25.1. The summed E-state index contributed by atoms with van der Waals surface area (Å²) in [6, 6.07) is 4.73. The first-order valence-electron chi connectivity index (χ1n) is 4.40. The second kappa shape index (κ2) is 6.53. The zero-order valence-electron chi connectivity index (χ0n) is 8.47. The fourth-order valence-corrected chi connectivity index (χ4v) is 1.23. The lowest BCUT2D eigenvalue weighted by Gasteiger charge is -2.04. The predicted octanol–water partition coefficient (Wildman–Crippen LogP) is 2.91. The molecule has 84 valence electrons. The number of hydrogen-bond acceptors (Lipinski definition) is 1. The van der Waals surface area contributed by atoms with Gasteiger partial charge < -0.3 is 5.73 Å². The Balaban J connectivity index is 0.00000196. The van der Waals surface area contributed by atoms with Crippen LogP contribution in [-0.2, 0) is 6.42 Å². The van der Waals surface area contributed by atoms with Gasteiger partial charge in [0.25, 0.3) is 0 Å². The highest BCUT2D eigenvalue weighted by Crippen LogP contribution is 2.12. The number of aryl methyl sites for hydroxylation is 1. The van der Waals surface area contributed by atoms with Crippen LogP contribution in [0.4, 0.5) is 8.78 Å². The van der Waals surface area contributed by atoms with Crippen molar-refractivity contribution in [2.75, 3.05) is 6.54 Å². The molecule has 0 spiro atoms. The maximum absolute atomic E-state index is 12.9. The summed E-state index contributed by atoms with van der Waals surface area (Å²) in [5.41, 5.74) is 7.27. The number of rotatable bonds is 3. The molecular formula is C11H14ClF2N. The van der Waals surface area contributed by atoms with Gasteiger partial charge in [-0.1, -0.05) is 12.1 Å². The number of nitrogens with two attached hydrogens (primary N) is 1. The van der Waals surface area contributed by atoms with Gasteiger partial charge in [0.05, 0.1) is 6.33 Å². The van der Waals surface area contributed by atoms with Crippen LogP contribution in [0.2, 0.25) is 0 Å². The first kappa shape index (κ1) is 14.1. The number of halogens is 3. The second-order valence-corrected chi connectivity index (χ2v) is 3.23. The van der Waals surface area contributed by atoms with E-state index in [1.54, 1.807) is 19.1 Å².